The third-order valence-corrected chi connectivity index (χ3v) is 4.14. The van der Waals surface area contributed by atoms with E-state index in [-0.39, 0.29) is 11.7 Å². The fourth-order valence-corrected chi connectivity index (χ4v) is 2.90. The quantitative estimate of drug-likeness (QED) is 0.376. The summed E-state index contributed by atoms with van der Waals surface area (Å²) >= 11 is 0. The van der Waals surface area contributed by atoms with Gasteiger partial charge >= 0.3 is 0 Å². The van der Waals surface area contributed by atoms with Crippen LogP contribution in [0.5, 0.6) is 11.5 Å². The van der Waals surface area contributed by atoms with Crippen LogP contribution in [0.2, 0.25) is 0 Å². The fraction of sp³-hybridized carbons (Fsp3) is 0.182. The van der Waals surface area contributed by atoms with E-state index in [9.17, 15) is 14.4 Å². The highest BCUT2D eigenvalue weighted by molar-refractivity contribution is 6.20. The lowest BCUT2D eigenvalue weighted by molar-refractivity contribution is 0.104. The van der Waals surface area contributed by atoms with Crippen molar-refractivity contribution in [2.75, 3.05) is 7.11 Å². The number of ether oxygens (including phenoxy) is 2. The summed E-state index contributed by atoms with van der Waals surface area (Å²) in [6.45, 7) is 3.75. The molecule has 0 atom stereocenters. The summed E-state index contributed by atoms with van der Waals surface area (Å²) in [5, 5.41) is 10.1. The number of carbonyl (C=O) groups is 1. The first-order valence-electron chi connectivity index (χ1n) is 8.71. The average molecular weight is 378 g/mol. The minimum atomic E-state index is -0.460. The molecule has 28 heavy (non-hydrogen) atoms. The number of halogens is 1. The summed E-state index contributed by atoms with van der Waals surface area (Å²) in [5.41, 5.74) is 1.29. The molecular formula is C22H19FN2O3. The summed E-state index contributed by atoms with van der Waals surface area (Å²) in [4.78, 5) is 15.8. The zero-order valence-corrected chi connectivity index (χ0v) is 15.7. The summed E-state index contributed by atoms with van der Waals surface area (Å²) in [6.07, 6.45) is 2.84. The van der Waals surface area contributed by atoms with E-state index in [0.29, 0.717) is 33.5 Å². The molecule has 0 aliphatic heterocycles. The fourth-order valence-electron chi connectivity index (χ4n) is 2.90. The van der Waals surface area contributed by atoms with Gasteiger partial charge in [0.1, 0.15) is 17.5 Å². The Balaban J connectivity index is 2.07. The number of carbonyl (C=O) groups excluding carboxylic acids is 1. The minimum absolute atomic E-state index is 0.0629. The molecule has 6 heteroatoms. The van der Waals surface area contributed by atoms with Crippen molar-refractivity contribution >= 4 is 22.8 Å². The number of ketones is 1. The van der Waals surface area contributed by atoms with Crippen LogP contribution in [-0.4, -0.2) is 24.0 Å². The Kier molecular flexibility index (Phi) is 5.46. The lowest BCUT2D eigenvalue weighted by Crippen LogP contribution is -2.08. The van der Waals surface area contributed by atoms with Crippen molar-refractivity contribution in [1.82, 2.24) is 4.98 Å². The number of nitriles is 1. The van der Waals surface area contributed by atoms with E-state index < -0.39 is 11.6 Å². The van der Waals surface area contributed by atoms with Crippen LogP contribution >= 0.6 is 0 Å². The number of fused-ring (bicyclic) bond motifs is 1. The number of allylic oxidation sites excluding steroid dienone is 1. The molecule has 142 valence electrons. The first kappa shape index (κ1) is 19.2. The smallest absolute Gasteiger partial charge is 0.205 e. The summed E-state index contributed by atoms with van der Waals surface area (Å²) in [6, 6.07) is 11.3. The highest BCUT2D eigenvalue weighted by atomic mass is 19.1. The number of para-hydroxylation sites is 1. The summed E-state index contributed by atoms with van der Waals surface area (Å²) in [7, 11) is 1.53. The van der Waals surface area contributed by atoms with Gasteiger partial charge in [0.25, 0.3) is 0 Å². The number of benzene rings is 2. The SMILES string of the molecule is COc1cccc(C=C(C#N)C(=O)c2c[nH]c3cc(F)ccc23)c1OC(C)C. The van der Waals surface area contributed by atoms with E-state index in [2.05, 4.69) is 4.98 Å². The van der Waals surface area contributed by atoms with Crippen molar-refractivity contribution in [3.05, 3.63) is 65.1 Å². The minimum Gasteiger partial charge on any atom is -0.493 e. The van der Waals surface area contributed by atoms with Gasteiger partial charge in [0.15, 0.2) is 11.5 Å². The molecular weight excluding hydrogens is 359 g/mol. The molecule has 0 aliphatic rings. The van der Waals surface area contributed by atoms with Crippen LogP contribution in [-0.2, 0) is 0 Å². The molecule has 1 aromatic heterocycles. The van der Waals surface area contributed by atoms with Crippen molar-refractivity contribution in [2.24, 2.45) is 0 Å². The van der Waals surface area contributed by atoms with Crippen LogP contribution in [0, 0.1) is 17.1 Å². The van der Waals surface area contributed by atoms with Crippen LogP contribution in [0.15, 0.2) is 48.2 Å². The maximum atomic E-state index is 13.4. The predicted molar refractivity (Wildman–Crippen MR) is 105 cm³/mol. The number of H-pyrrole nitrogens is 1. The largest absolute Gasteiger partial charge is 0.493 e. The number of hydrogen-bond donors (Lipinski definition) is 1. The number of rotatable bonds is 6. The lowest BCUT2D eigenvalue weighted by atomic mass is 10.0. The number of methoxy groups -OCH3 is 1. The molecule has 0 aliphatic carbocycles. The Morgan fingerprint density at radius 3 is 2.75 bits per heavy atom. The summed E-state index contributed by atoms with van der Waals surface area (Å²) in [5.74, 6) is 0.103. The van der Waals surface area contributed by atoms with Crippen LogP contribution in [0.4, 0.5) is 4.39 Å². The normalized spacial score (nSPS) is 11.5. The van der Waals surface area contributed by atoms with Gasteiger partial charge < -0.3 is 14.5 Å². The maximum absolute atomic E-state index is 13.4. The lowest BCUT2D eigenvalue weighted by Gasteiger charge is -2.16. The molecule has 0 radical (unpaired) electrons. The third-order valence-electron chi connectivity index (χ3n) is 4.14. The zero-order chi connectivity index (χ0) is 20.3. The number of nitrogens with one attached hydrogen (secondary N) is 1. The molecule has 0 spiro atoms. The number of hydrogen-bond acceptors (Lipinski definition) is 4. The van der Waals surface area contributed by atoms with E-state index in [4.69, 9.17) is 9.47 Å². The predicted octanol–water partition coefficient (Wildman–Crippen LogP) is 4.89. The summed E-state index contributed by atoms with van der Waals surface area (Å²) < 4.78 is 24.6. The third kappa shape index (κ3) is 3.74. The number of aromatic nitrogens is 1. The van der Waals surface area contributed by atoms with Crippen LogP contribution in [0.1, 0.15) is 29.8 Å². The molecule has 2 aromatic carbocycles. The second-order valence-electron chi connectivity index (χ2n) is 6.44. The van der Waals surface area contributed by atoms with Crippen molar-refractivity contribution in [1.29, 1.82) is 5.26 Å². The Labute approximate surface area is 162 Å². The Bertz CT molecular complexity index is 1110. The van der Waals surface area contributed by atoms with Crippen LogP contribution in [0.3, 0.4) is 0 Å². The highest BCUT2D eigenvalue weighted by Crippen LogP contribution is 2.34. The zero-order valence-electron chi connectivity index (χ0n) is 15.7. The van der Waals surface area contributed by atoms with Crippen molar-refractivity contribution in [3.8, 4) is 17.6 Å². The van der Waals surface area contributed by atoms with Gasteiger partial charge in [0.05, 0.1) is 13.2 Å². The number of Topliss-reactive ketones (excluding diaryl/α,β-unsaturated/α-hetero) is 1. The van der Waals surface area contributed by atoms with Gasteiger partial charge in [0, 0.05) is 28.2 Å². The molecule has 3 rings (SSSR count). The second kappa shape index (κ2) is 7.97. The van der Waals surface area contributed by atoms with E-state index in [1.807, 2.05) is 19.9 Å². The maximum Gasteiger partial charge on any atom is 0.205 e. The number of nitrogens with zero attached hydrogens (tertiary/aromatic N) is 1. The van der Waals surface area contributed by atoms with E-state index in [1.54, 1.807) is 18.2 Å². The van der Waals surface area contributed by atoms with Gasteiger partial charge in [-0.1, -0.05) is 12.1 Å². The molecule has 1 N–H and O–H groups in total. The molecule has 0 saturated heterocycles. The van der Waals surface area contributed by atoms with Crippen LogP contribution in [0.25, 0.3) is 17.0 Å². The van der Waals surface area contributed by atoms with Crippen molar-refractivity contribution in [2.45, 2.75) is 20.0 Å². The second-order valence-corrected chi connectivity index (χ2v) is 6.44. The van der Waals surface area contributed by atoms with E-state index in [0.717, 1.165) is 0 Å². The molecule has 5 nitrogen and oxygen atoms in total. The van der Waals surface area contributed by atoms with Crippen molar-refractivity contribution < 1.29 is 18.7 Å². The average Bonchev–Trinajstić information content (AvgIpc) is 3.09. The van der Waals surface area contributed by atoms with Gasteiger partial charge in [-0.15, -0.1) is 0 Å². The molecule has 3 aromatic rings. The highest BCUT2D eigenvalue weighted by Gasteiger charge is 2.19. The molecule has 1 heterocycles. The van der Waals surface area contributed by atoms with E-state index in [1.165, 1.54) is 37.6 Å². The molecule has 0 amide bonds. The molecule has 0 fully saturated rings. The molecule has 0 saturated carbocycles. The van der Waals surface area contributed by atoms with Crippen LogP contribution < -0.4 is 9.47 Å². The van der Waals surface area contributed by atoms with Gasteiger partial charge in [-0.05, 0) is 44.2 Å². The first-order valence-corrected chi connectivity index (χ1v) is 8.71. The Morgan fingerprint density at radius 1 is 1.29 bits per heavy atom. The standard InChI is InChI=1S/C22H19FN2O3/c1-13(2)28-22-14(5-4-6-20(22)27-3)9-15(11-24)21(26)18-12-25-19-10-16(23)7-8-17(18)19/h4-10,12-13,25H,1-3H3. The molecule has 0 unspecified atom stereocenters. The first-order chi connectivity index (χ1) is 13.4. The monoisotopic (exact) mass is 378 g/mol. The molecule has 0 bridgehead atoms. The van der Waals surface area contributed by atoms with Crippen molar-refractivity contribution in [3.63, 3.8) is 0 Å². The van der Waals surface area contributed by atoms with Gasteiger partial charge in [-0.2, -0.15) is 5.26 Å². The van der Waals surface area contributed by atoms with Gasteiger partial charge in [0.2, 0.25) is 5.78 Å². The topological polar surface area (TPSA) is 75.1 Å². The number of aromatic amines is 1. The Morgan fingerprint density at radius 2 is 2.07 bits per heavy atom. The van der Waals surface area contributed by atoms with E-state index >= 15 is 0 Å². The van der Waals surface area contributed by atoms with Gasteiger partial charge in [-0.25, -0.2) is 4.39 Å². The van der Waals surface area contributed by atoms with Gasteiger partial charge in [-0.3, -0.25) is 4.79 Å². The Hall–Kier alpha value is -3.59.